The van der Waals surface area contributed by atoms with E-state index in [1.807, 2.05) is 0 Å². The maximum atomic E-state index is 3.84. The first-order valence-corrected chi connectivity index (χ1v) is 8.86. The molecule has 0 aromatic heterocycles. The van der Waals surface area contributed by atoms with Gasteiger partial charge >= 0.3 is 0 Å². The van der Waals surface area contributed by atoms with Gasteiger partial charge in [0.2, 0.25) is 0 Å². The largest absolute Gasteiger partial charge is 0.306 e. The number of nitrogens with one attached hydrogen (secondary N) is 2. The molecule has 2 nitrogen and oxygen atoms in total. The Labute approximate surface area is 140 Å². The average Bonchev–Trinajstić information content (AvgIpc) is 3.03. The third-order valence-electron chi connectivity index (χ3n) is 5.04. The molecule has 23 heavy (non-hydrogen) atoms. The molecule has 1 fully saturated rings. The van der Waals surface area contributed by atoms with Crippen molar-refractivity contribution in [2.24, 2.45) is 0 Å². The van der Waals surface area contributed by atoms with Crippen molar-refractivity contribution in [2.45, 2.75) is 57.3 Å². The molecule has 0 amide bonds. The molecule has 2 aromatic carbocycles. The molecule has 1 saturated carbocycles. The molecular formula is C21H28N2. The average molecular weight is 308 g/mol. The van der Waals surface area contributed by atoms with Crippen LogP contribution in [-0.4, -0.2) is 12.1 Å². The van der Waals surface area contributed by atoms with Crippen molar-refractivity contribution in [1.29, 1.82) is 0 Å². The highest BCUT2D eigenvalue weighted by Crippen LogP contribution is 2.25. The van der Waals surface area contributed by atoms with E-state index in [1.54, 1.807) is 0 Å². The number of hydrogen-bond acceptors (Lipinski definition) is 2. The molecule has 4 unspecified atom stereocenters. The van der Waals surface area contributed by atoms with Gasteiger partial charge in [-0.1, -0.05) is 67.1 Å². The summed E-state index contributed by atoms with van der Waals surface area (Å²) in [5.41, 5.74) is 2.74. The summed E-state index contributed by atoms with van der Waals surface area (Å²) in [6.07, 6.45) is 3.82. The standard InChI is InChI=1S/C21H28N2/c1-16(18-10-5-3-6-11-18)22-20-14-9-15-21(20)23-17(2)19-12-7-4-8-13-19/h3-8,10-13,16-17,20-23H,9,14-15H2,1-2H3. The van der Waals surface area contributed by atoms with Crippen LogP contribution >= 0.6 is 0 Å². The molecule has 1 aliphatic carbocycles. The Hall–Kier alpha value is -1.64. The van der Waals surface area contributed by atoms with Crippen molar-refractivity contribution in [2.75, 3.05) is 0 Å². The van der Waals surface area contributed by atoms with Crippen LogP contribution in [0.4, 0.5) is 0 Å². The fraction of sp³-hybridized carbons (Fsp3) is 0.429. The van der Waals surface area contributed by atoms with E-state index in [4.69, 9.17) is 0 Å². The Morgan fingerprint density at radius 2 is 1.09 bits per heavy atom. The minimum Gasteiger partial charge on any atom is -0.306 e. The van der Waals surface area contributed by atoms with Crippen LogP contribution in [0.5, 0.6) is 0 Å². The highest BCUT2D eigenvalue weighted by Gasteiger charge is 2.29. The lowest BCUT2D eigenvalue weighted by Gasteiger charge is -2.29. The quantitative estimate of drug-likeness (QED) is 0.814. The second-order valence-electron chi connectivity index (χ2n) is 6.74. The molecule has 2 aromatic rings. The minimum absolute atomic E-state index is 0.399. The Morgan fingerprint density at radius 3 is 1.48 bits per heavy atom. The van der Waals surface area contributed by atoms with Gasteiger partial charge in [0.25, 0.3) is 0 Å². The molecule has 2 N–H and O–H groups in total. The Morgan fingerprint density at radius 1 is 0.696 bits per heavy atom. The van der Waals surface area contributed by atoms with Gasteiger partial charge in [0.05, 0.1) is 0 Å². The van der Waals surface area contributed by atoms with Gasteiger partial charge < -0.3 is 10.6 Å². The second-order valence-corrected chi connectivity index (χ2v) is 6.74. The van der Waals surface area contributed by atoms with E-state index in [0.29, 0.717) is 24.2 Å². The third kappa shape index (κ3) is 4.21. The Kier molecular flexibility index (Phi) is 5.47. The summed E-state index contributed by atoms with van der Waals surface area (Å²) in [7, 11) is 0. The fourth-order valence-corrected chi connectivity index (χ4v) is 3.68. The van der Waals surface area contributed by atoms with Crippen LogP contribution < -0.4 is 10.6 Å². The summed E-state index contributed by atoms with van der Waals surface area (Å²) in [5, 5.41) is 7.68. The summed E-state index contributed by atoms with van der Waals surface area (Å²) in [4.78, 5) is 0. The van der Waals surface area contributed by atoms with Crippen molar-refractivity contribution in [1.82, 2.24) is 10.6 Å². The SMILES string of the molecule is CC(NC1CCCC1NC(C)c1ccccc1)c1ccccc1. The Balaban J connectivity index is 1.59. The van der Waals surface area contributed by atoms with E-state index >= 15 is 0 Å². The predicted octanol–water partition coefficient (Wildman–Crippen LogP) is 4.61. The summed E-state index contributed by atoms with van der Waals surface area (Å²) in [6.45, 7) is 4.54. The van der Waals surface area contributed by atoms with Crippen molar-refractivity contribution in [3.05, 3.63) is 71.8 Å². The van der Waals surface area contributed by atoms with E-state index < -0.39 is 0 Å². The molecule has 0 bridgehead atoms. The van der Waals surface area contributed by atoms with E-state index in [0.717, 1.165) is 0 Å². The van der Waals surface area contributed by atoms with Gasteiger partial charge in [0, 0.05) is 24.2 Å². The number of rotatable bonds is 6. The smallest absolute Gasteiger partial charge is 0.0295 e. The maximum Gasteiger partial charge on any atom is 0.0295 e. The summed E-state index contributed by atoms with van der Waals surface area (Å²) in [5.74, 6) is 0. The van der Waals surface area contributed by atoms with Gasteiger partial charge in [0.15, 0.2) is 0 Å². The zero-order chi connectivity index (χ0) is 16.1. The van der Waals surface area contributed by atoms with Crippen LogP contribution in [-0.2, 0) is 0 Å². The summed E-state index contributed by atoms with van der Waals surface area (Å²) >= 11 is 0. The number of benzene rings is 2. The van der Waals surface area contributed by atoms with Gasteiger partial charge in [-0.2, -0.15) is 0 Å². The molecule has 122 valence electrons. The van der Waals surface area contributed by atoms with E-state index in [1.165, 1.54) is 30.4 Å². The van der Waals surface area contributed by atoms with E-state index in [-0.39, 0.29) is 0 Å². The highest BCUT2D eigenvalue weighted by molar-refractivity contribution is 5.20. The van der Waals surface area contributed by atoms with Gasteiger partial charge in [-0.05, 0) is 37.8 Å². The first-order chi connectivity index (χ1) is 11.2. The van der Waals surface area contributed by atoms with Crippen LogP contribution in [0.3, 0.4) is 0 Å². The second kappa shape index (κ2) is 7.76. The molecule has 0 saturated heterocycles. The normalized spacial score (nSPS) is 23.6. The Bertz CT molecular complexity index is 528. The lowest BCUT2D eigenvalue weighted by atomic mass is 10.0. The summed E-state index contributed by atoms with van der Waals surface area (Å²) < 4.78 is 0. The van der Waals surface area contributed by atoms with Gasteiger partial charge in [-0.25, -0.2) is 0 Å². The zero-order valence-corrected chi connectivity index (χ0v) is 14.2. The van der Waals surface area contributed by atoms with E-state index in [2.05, 4.69) is 85.1 Å². The van der Waals surface area contributed by atoms with Crippen LogP contribution in [0.1, 0.15) is 56.3 Å². The van der Waals surface area contributed by atoms with Crippen molar-refractivity contribution >= 4 is 0 Å². The molecule has 0 heterocycles. The monoisotopic (exact) mass is 308 g/mol. The molecular weight excluding hydrogens is 280 g/mol. The molecule has 0 spiro atoms. The zero-order valence-electron chi connectivity index (χ0n) is 14.2. The fourth-order valence-electron chi connectivity index (χ4n) is 3.68. The number of hydrogen-bond donors (Lipinski definition) is 2. The molecule has 0 aliphatic heterocycles. The topological polar surface area (TPSA) is 24.1 Å². The molecule has 2 heteroatoms. The van der Waals surface area contributed by atoms with Crippen LogP contribution in [0.2, 0.25) is 0 Å². The molecule has 0 radical (unpaired) electrons. The van der Waals surface area contributed by atoms with Crippen LogP contribution in [0.25, 0.3) is 0 Å². The first-order valence-electron chi connectivity index (χ1n) is 8.86. The van der Waals surface area contributed by atoms with Gasteiger partial charge in [-0.15, -0.1) is 0 Å². The van der Waals surface area contributed by atoms with Crippen molar-refractivity contribution in [3.63, 3.8) is 0 Å². The van der Waals surface area contributed by atoms with Crippen LogP contribution in [0, 0.1) is 0 Å². The predicted molar refractivity (Wildman–Crippen MR) is 97.4 cm³/mol. The lowest BCUT2D eigenvalue weighted by molar-refractivity contribution is 0.356. The maximum absolute atomic E-state index is 3.84. The van der Waals surface area contributed by atoms with Gasteiger partial charge in [0.1, 0.15) is 0 Å². The van der Waals surface area contributed by atoms with Crippen molar-refractivity contribution in [3.8, 4) is 0 Å². The minimum atomic E-state index is 0.399. The highest BCUT2D eigenvalue weighted by atomic mass is 15.1. The summed E-state index contributed by atoms with van der Waals surface area (Å²) in [6, 6.07) is 23.4. The molecule has 1 aliphatic rings. The van der Waals surface area contributed by atoms with Gasteiger partial charge in [-0.3, -0.25) is 0 Å². The first kappa shape index (κ1) is 16.2. The third-order valence-corrected chi connectivity index (χ3v) is 5.04. The molecule has 4 atom stereocenters. The lowest BCUT2D eigenvalue weighted by Crippen LogP contribution is -2.45. The van der Waals surface area contributed by atoms with Crippen LogP contribution in [0.15, 0.2) is 60.7 Å². The van der Waals surface area contributed by atoms with Crippen molar-refractivity contribution < 1.29 is 0 Å². The van der Waals surface area contributed by atoms with E-state index in [9.17, 15) is 0 Å². The molecule has 3 rings (SSSR count).